The second-order valence-corrected chi connectivity index (χ2v) is 8.36. The first-order valence-electron chi connectivity index (χ1n) is 10.9. The molecule has 2 aliphatic rings. The van der Waals surface area contributed by atoms with E-state index in [9.17, 15) is 19.8 Å². The quantitative estimate of drug-likeness (QED) is 0.564. The number of nitrogens with zero attached hydrogens (tertiary/aromatic N) is 3. The van der Waals surface area contributed by atoms with Crippen molar-refractivity contribution in [2.45, 2.75) is 19.1 Å². The van der Waals surface area contributed by atoms with Crippen LogP contribution in [-0.2, 0) is 22.7 Å². The summed E-state index contributed by atoms with van der Waals surface area (Å²) in [5.74, 6) is -0.381. The minimum absolute atomic E-state index is 0.212. The Bertz CT molecular complexity index is 1200. The molecule has 0 amide bonds. The Morgan fingerprint density at radius 2 is 1.73 bits per heavy atom. The summed E-state index contributed by atoms with van der Waals surface area (Å²) in [6.07, 6.45) is 1.68. The summed E-state index contributed by atoms with van der Waals surface area (Å²) in [5.41, 5.74) is 2.48. The van der Waals surface area contributed by atoms with Crippen molar-refractivity contribution in [2.75, 3.05) is 33.0 Å². The van der Waals surface area contributed by atoms with Crippen LogP contribution in [0, 0.1) is 0 Å². The van der Waals surface area contributed by atoms with Gasteiger partial charge in [-0.15, -0.1) is 0 Å². The van der Waals surface area contributed by atoms with E-state index >= 15 is 0 Å². The summed E-state index contributed by atoms with van der Waals surface area (Å²) < 4.78 is 12.4. The standard InChI is InChI=1S/C24H25N3O6/c28-22(29)14-27-13-18(17-3-1-2-4-19(17)27)23(24(30)31)26-9-7-25(8-10-26)12-16-5-6-20-21(11-16)33-15-32-20/h1-6,11,13,23H,7-10,12,14-15H2,(H,28,29)(H,30,31)/t23-/m0/s1. The van der Waals surface area contributed by atoms with Crippen molar-refractivity contribution in [2.24, 2.45) is 0 Å². The van der Waals surface area contributed by atoms with Gasteiger partial charge in [-0.2, -0.15) is 0 Å². The van der Waals surface area contributed by atoms with Crippen molar-refractivity contribution in [3.8, 4) is 11.5 Å². The number of rotatable bonds is 7. The van der Waals surface area contributed by atoms with Crippen LogP contribution >= 0.6 is 0 Å². The zero-order valence-electron chi connectivity index (χ0n) is 18.0. The van der Waals surface area contributed by atoms with E-state index in [0.717, 1.165) is 47.6 Å². The molecule has 9 nitrogen and oxygen atoms in total. The number of carboxylic acid groups (broad SMARTS) is 2. The smallest absolute Gasteiger partial charge is 0.325 e. The minimum Gasteiger partial charge on any atom is -0.480 e. The van der Waals surface area contributed by atoms with Crippen LogP contribution in [0.3, 0.4) is 0 Å². The largest absolute Gasteiger partial charge is 0.480 e. The molecule has 33 heavy (non-hydrogen) atoms. The van der Waals surface area contributed by atoms with Crippen LogP contribution in [0.5, 0.6) is 11.5 Å². The lowest BCUT2D eigenvalue weighted by atomic mass is 10.0. The number of hydrogen-bond acceptors (Lipinski definition) is 6. The molecule has 5 rings (SSSR count). The Hall–Kier alpha value is -3.56. The molecule has 0 aliphatic carbocycles. The van der Waals surface area contributed by atoms with Crippen molar-refractivity contribution < 1.29 is 29.3 Å². The molecule has 2 aliphatic heterocycles. The van der Waals surface area contributed by atoms with Crippen LogP contribution < -0.4 is 9.47 Å². The van der Waals surface area contributed by atoms with E-state index in [1.54, 1.807) is 10.8 Å². The first-order valence-corrected chi connectivity index (χ1v) is 10.9. The predicted octanol–water partition coefficient (Wildman–Crippen LogP) is 2.40. The Morgan fingerprint density at radius 3 is 2.48 bits per heavy atom. The maximum Gasteiger partial charge on any atom is 0.325 e. The lowest BCUT2D eigenvalue weighted by Crippen LogP contribution is -2.48. The maximum atomic E-state index is 12.3. The second kappa shape index (κ2) is 8.76. The summed E-state index contributed by atoms with van der Waals surface area (Å²) in [4.78, 5) is 27.9. The van der Waals surface area contributed by atoms with Gasteiger partial charge >= 0.3 is 11.9 Å². The zero-order valence-corrected chi connectivity index (χ0v) is 18.0. The molecule has 9 heteroatoms. The summed E-state index contributed by atoms with van der Waals surface area (Å²) in [6.45, 7) is 3.44. The van der Waals surface area contributed by atoms with Gasteiger partial charge in [-0.3, -0.25) is 19.4 Å². The summed E-state index contributed by atoms with van der Waals surface area (Å²) in [5, 5.41) is 20.2. The first kappa shape index (κ1) is 21.3. The molecule has 0 saturated carbocycles. The van der Waals surface area contributed by atoms with Gasteiger partial charge in [0.1, 0.15) is 12.6 Å². The van der Waals surface area contributed by atoms with Crippen LogP contribution in [0.4, 0.5) is 0 Å². The fourth-order valence-corrected chi connectivity index (χ4v) is 4.73. The highest BCUT2D eigenvalue weighted by atomic mass is 16.7. The molecule has 1 fully saturated rings. The molecule has 172 valence electrons. The van der Waals surface area contributed by atoms with Gasteiger partial charge in [-0.1, -0.05) is 24.3 Å². The fraction of sp³-hybridized carbons (Fsp3) is 0.333. The number of para-hydroxylation sites is 1. The van der Waals surface area contributed by atoms with Gasteiger partial charge in [-0.25, -0.2) is 0 Å². The van der Waals surface area contributed by atoms with E-state index in [1.807, 2.05) is 47.4 Å². The third-order valence-electron chi connectivity index (χ3n) is 6.27. The Labute approximate surface area is 190 Å². The number of benzene rings is 2. The highest BCUT2D eigenvalue weighted by molar-refractivity contribution is 5.90. The van der Waals surface area contributed by atoms with Crippen molar-refractivity contribution in [1.29, 1.82) is 0 Å². The third-order valence-corrected chi connectivity index (χ3v) is 6.27. The van der Waals surface area contributed by atoms with Gasteiger partial charge in [-0.05, 0) is 23.8 Å². The van der Waals surface area contributed by atoms with Gasteiger partial charge in [0.05, 0.1) is 0 Å². The van der Waals surface area contributed by atoms with Crippen LogP contribution in [0.1, 0.15) is 17.2 Å². The van der Waals surface area contributed by atoms with E-state index in [4.69, 9.17) is 9.47 Å². The molecular weight excluding hydrogens is 426 g/mol. The minimum atomic E-state index is -0.966. The number of carbonyl (C=O) groups is 2. The van der Waals surface area contributed by atoms with E-state index in [2.05, 4.69) is 4.90 Å². The molecule has 0 unspecified atom stereocenters. The molecule has 1 saturated heterocycles. The monoisotopic (exact) mass is 451 g/mol. The van der Waals surface area contributed by atoms with Crippen molar-refractivity contribution in [3.05, 3.63) is 59.8 Å². The Morgan fingerprint density at radius 1 is 0.970 bits per heavy atom. The maximum absolute atomic E-state index is 12.3. The molecule has 2 N–H and O–H groups in total. The molecule has 1 aromatic heterocycles. The summed E-state index contributed by atoms with van der Waals surface area (Å²) in [6, 6.07) is 12.5. The van der Waals surface area contributed by atoms with Gasteiger partial charge in [0.25, 0.3) is 0 Å². The number of aliphatic carboxylic acids is 2. The van der Waals surface area contributed by atoms with E-state index < -0.39 is 18.0 Å². The predicted molar refractivity (Wildman–Crippen MR) is 119 cm³/mol. The topological polar surface area (TPSA) is 104 Å². The van der Waals surface area contributed by atoms with Gasteiger partial charge < -0.3 is 24.3 Å². The third kappa shape index (κ3) is 4.24. The molecule has 1 atom stereocenters. The molecular formula is C24H25N3O6. The van der Waals surface area contributed by atoms with Gasteiger partial charge in [0.2, 0.25) is 6.79 Å². The van der Waals surface area contributed by atoms with Crippen molar-refractivity contribution in [3.63, 3.8) is 0 Å². The van der Waals surface area contributed by atoms with E-state index in [1.165, 1.54) is 0 Å². The van der Waals surface area contributed by atoms with Crippen LogP contribution in [0.25, 0.3) is 10.9 Å². The van der Waals surface area contributed by atoms with Gasteiger partial charge in [0, 0.05) is 55.4 Å². The lowest BCUT2D eigenvalue weighted by Gasteiger charge is -2.37. The van der Waals surface area contributed by atoms with Crippen molar-refractivity contribution in [1.82, 2.24) is 14.4 Å². The van der Waals surface area contributed by atoms with Crippen molar-refractivity contribution >= 4 is 22.8 Å². The zero-order chi connectivity index (χ0) is 22.9. The highest BCUT2D eigenvalue weighted by Crippen LogP contribution is 2.34. The molecule has 3 heterocycles. The number of hydrogen-bond donors (Lipinski definition) is 2. The first-order chi connectivity index (χ1) is 16.0. The number of piperazine rings is 1. The van der Waals surface area contributed by atoms with Crippen LogP contribution in [0.2, 0.25) is 0 Å². The lowest BCUT2D eigenvalue weighted by molar-refractivity contribution is -0.144. The van der Waals surface area contributed by atoms with E-state index in [0.29, 0.717) is 18.7 Å². The average Bonchev–Trinajstić information content (AvgIpc) is 3.40. The fourth-order valence-electron chi connectivity index (χ4n) is 4.73. The SMILES string of the molecule is O=C(O)Cn1cc([C@@H](C(=O)O)N2CCN(Cc3ccc4c(c3)OCO4)CC2)c2ccccc21. The summed E-state index contributed by atoms with van der Waals surface area (Å²) >= 11 is 0. The molecule has 0 bridgehead atoms. The van der Waals surface area contributed by atoms with Crippen LogP contribution in [-0.4, -0.2) is 69.5 Å². The van der Waals surface area contributed by atoms with Gasteiger partial charge in [0.15, 0.2) is 11.5 Å². The molecule has 0 spiro atoms. The Balaban J connectivity index is 1.32. The molecule has 2 aromatic carbocycles. The number of carboxylic acids is 2. The summed E-state index contributed by atoms with van der Waals surface area (Å²) in [7, 11) is 0. The highest BCUT2D eigenvalue weighted by Gasteiger charge is 2.33. The number of fused-ring (bicyclic) bond motifs is 2. The average molecular weight is 451 g/mol. The molecule has 3 aromatic rings. The van der Waals surface area contributed by atoms with E-state index in [-0.39, 0.29) is 13.3 Å². The number of aromatic nitrogens is 1. The van der Waals surface area contributed by atoms with Crippen LogP contribution in [0.15, 0.2) is 48.7 Å². The second-order valence-electron chi connectivity index (χ2n) is 8.36. The Kier molecular flexibility index (Phi) is 5.65. The number of ether oxygens (including phenoxy) is 2. The molecule has 0 radical (unpaired) electrons. The normalized spacial score (nSPS) is 17.3.